The highest BCUT2D eigenvalue weighted by molar-refractivity contribution is 8.20. The molecule has 2 heterocycles. The number of hydrogen-bond acceptors (Lipinski definition) is 6. The Labute approximate surface area is 228 Å². The van der Waals surface area contributed by atoms with Crippen LogP contribution < -0.4 is 14.7 Å². The minimum absolute atomic E-state index is 0.0289. The zero-order valence-corrected chi connectivity index (χ0v) is 23.6. The van der Waals surface area contributed by atoms with Gasteiger partial charge in [-0.15, -0.1) is 0 Å². The molecule has 2 aliphatic rings. The van der Waals surface area contributed by atoms with E-state index in [0.717, 1.165) is 57.8 Å². The number of nitrogens with zero attached hydrogens (tertiary/aromatic N) is 4. The number of para-hydroxylation sites is 1. The third-order valence-corrected chi connectivity index (χ3v) is 9.06. The first kappa shape index (κ1) is 25.5. The number of aryl methyl sites for hydroxylation is 2. The van der Waals surface area contributed by atoms with E-state index in [4.69, 9.17) is 4.99 Å². The zero-order valence-electron chi connectivity index (χ0n) is 22.0. The summed E-state index contributed by atoms with van der Waals surface area (Å²) >= 11 is 3.14. The number of fused-ring (bicyclic) bond motifs is 1. The Morgan fingerprint density at radius 3 is 2.30 bits per heavy atom. The number of hydrogen-bond donors (Lipinski definition) is 0. The van der Waals surface area contributed by atoms with E-state index in [1.165, 1.54) is 22.3 Å². The van der Waals surface area contributed by atoms with Crippen LogP contribution in [0.1, 0.15) is 31.9 Å². The number of thioether (sulfide) groups is 2. The molecule has 190 valence electrons. The molecule has 5 rings (SSSR count). The van der Waals surface area contributed by atoms with Crippen molar-refractivity contribution in [2.75, 3.05) is 34.3 Å². The molecule has 0 N–H and O–H groups in total. The lowest BCUT2D eigenvalue weighted by atomic mass is 10.1. The molecule has 1 amide bonds. The van der Waals surface area contributed by atoms with Gasteiger partial charge in [-0.1, -0.05) is 41.6 Å². The van der Waals surface area contributed by atoms with Gasteiger partial charge in [0.05, 0.1) is 17.1 Å². The second-order valence-electron chi connectivity index (χ2n) is 9.06. The summed E-state index contributed by atoms with van der Waals surface area (Å²) in [7, 11) is 0. The topological polar surface area (TPSA) is 39.1 Å². The van der Waals surface area contributed by atoms with E-state index < -0.39 is 0 Å². The van der Waals surface area contributed by atoms with Gasteiger partial charge in [0.25, 0.3) is 5.91 Å². The highest BCUT2D eigenvalue weighted by Crippen LogP contribution is 2.51. The lowest BCUT2D eigenvalue weighted by Crippen LogP contribution is -2.29. The Morgan fingerprint density at radius 1 is 0.892 bits per heavy atom. The van der Waals surface area contributed by atoms with Crippen LogP contribution in [0.4, 0.5) is 22.7 Å². The monoisotopic (exact) mass is 528 g/mol. The normalized spacial score (nSPS) is 18.2. The summed E-state index contributed by atoms with van der Waals surface area (Å²) in [6.07, 6.45) is 0. The molecule has 5 nitrogen and oxygen atoms in total. The van der Waals surface area contributed by atoms with E-state index in [1.54, 1.807) is 16.7 Å². The van der Waals surface area contributed by atoms with Gasteiger partial charge < -0.3 is 9.80 Å². The molecule has 0 unspecified atom stereocenters. The van der Waals surface area contributed by atoms with Crippen LogP contribution >= 0.6 is 23.5 Å². The largest absolute Gasteiger partial charge is 0.372 e. The van der Waals surface area contributed by atoms with Crippen molar-refractivity contribution in [3.63, 3.8) is 0 Å². The number of carbonyl (C=O) groups excluding carboxylic acids is 1. The average Bonchev–Trinajstić information content (AvgIpc) is 3.43. The SMILES string of the molecule is CCN(CC)c1ccc(N=C2SC(=C3Sc4ccccc4N3CC)C(=O)N2c2ccc(C)cc2)c(C)c1. The second kappa shape index (κ2) is 10.7. The third-order valence-electron chi connectivity index (χ3n) is 6.72. The van der Waals surface area contributed by atoms with Crippen molar-refractivity contribution in [1.82, 2.24) is 0 Å². The smallest absolute Gasteiger partial charge is 0.274 e. The lowest BCUT2D eigenvalue weighted by molar-refractivity contribution is -0.113. The summed E-state index contributed by atoms with van der Waals surface area (Å²) in [6.45, 7) is 13.3. The molecule has 1 saturated heterocycles. The first-order valence-electron chi connectivity index (χ1n) is 12.8. The van der Waals surface area contributed by atoms with Crippen LogP contribution in [0, 0.1) is 13.8 Å². The van der Waals surface area contributed by atoms with Gasteiger partial charge in [-0.05, 0) is 94.4 Å². The number of anilines is 3. The van der Waals surface area contributed by atoms with Gasteiger partial charge in [0, 0.05) is 30.2 Å². The molecule has 0 atom stereocenters. The molecule has 37 heavy (non-hydrogen) atoms. The van der Waals surface area contributed by atoms with Crippen molar-refractivity contribution in [3.05, 3.63) is 87.8 Å². The van der Waals surface area contributed by atoms with Crippen LogP contribution in [0.2, 0.25) is 0 Å². The second-order valence-corrected chi connectivity index (χ2v) is 11.1. The van der Waals surface area contributed by atoms with Crippen LogP contribution in [0.5, 0.6) is 0 Å². The van der Waals surface area contributed by atoms with Gasteiger partial charge in [-0.25, -0.2) is 4.99 Å². The fourth-order valence-electron chi connectivity index (χ4n) is 4.67. The fraction of sp³-hybridized carbons (Fsp3) is 0.267. The van der Waals surface area contributed by atoms with Crippen LogP contribution in [0.3, 0.4) is 0 Å². The summed E-state index contributed by atoms with van der Waals surface area (Å²) < 4.78 is 0. The summed E-state index contributed by atoms with van der Waals surface area (Å²) in [5.41, 5.74) is 6.30. The van der Waals surface area contributed by atoms with Crippen molar-refractivity contribution in [1.29, 1.82) is 0 Å². The maximum Gasteiger partial charge on any atom is 0.274 e. The lowest BCUT2D eigenvalue weighted by Gasteiger charge is -2.22. The van der Waals surface area contributed by atoms with Crippen LogP contribution in [-0.2, 0) is 4.79 Å². The number of benzene rings is 3. The van der Waals surface area contributed by atoms with Gasteiger partial charge in [0.15, 0.2) is 5.17 Å². The molecule has 0 spiro atoms. The summed E-state index contributed by atoms with van der Waals surface area (Å²) in [5, 5.41) is 1.66. The minimum atomic E-state index is -0.0289. The maximum atomic E-state index is 14.0. The van der Waals surface area contributed by atoms with Gasteiger partial charge in [-0.3, -0.25) is 9.69 Å². The quantitative estimate of drug-likeness (QED) is 0.306. The summed E-state index contributed by atoms with van der Waals surface area (Å²) in [5.74, 6) is -0.0289. The highest BCUT2D eigenvalue weighted by Gasteiger charge is 2.40. The Bertz CT molecular complexity index is 1390. The van der Waals surface area contributed by atoms with Gasteiger partial charge >= 0.3 is 0 Å². The Morgan fingerprint density at radius 2 is 1.62 bits per heavy atom. The van der Waals surface area contributed by atoms with Gasteiger partial charge in [0.2, 0.25) is 0 Å². The molecular weight excluding hydrogens is 496 g/mol. The van der Waals surface area contributed by atoms with Crippen LogP contribution in [0.25, 0.3) is 0 Å². The van der Waals surface area contributed by atoms with Crippen LogP contribution in [-0.4, -0.2) is 30.7 Å². The van der Waals surface area contributed by atoms with Gasteiger partial charge in [-0.2, -0.15) is 0 Å². The number of amides is 1. The molecule has 0 radical (unpaired) electrons. The molecule has 0 bridgehead atoms. The molecular formula is C30H32N4OS2. The minimum Gasteiger partial charge on any atom is -0.372 e. The first-order valence-corrected chi connectivity index (χ1v) is 14.4. The number of amidine groups is 1. The zero-order chi connectivity index (χ0) is 26.1. The summed E-state index contributed by atoms with van der Waals surface area (Å²) in [4.78, 5) is 27.3. The molecule has 0 saturated carbocycles. The number of aliphatic imine (C=N–C) groups is 1. The predicted molar refractivity (Wildman–Crippen MR) is 160 cm³/mol. The van der Waals surface area contributed by atoms with E-state index in [2.05, 4.69) is 80.8 Å². The van der Waals surface area contributed by atoms with E-state index in [1.807, 2.05) is 30.3 Å². The Hall–Kier alpha value is -3.16. The van der Waals surface area contributed by atoms with Gasteiger partial charge in [0.1, 0.15) is 9.93 Å². The van der Waals surface area contributed by atoms with Crippen molar-refractivity contribution < 1.29 is 4.79 Å². The van der Waals surface area contributed by atoms with Crippen LogP contribution in [0.15, 0.2) is 86.6 Å². The van der Waals surface area contributed by atoms with Crippen molar-refractivity contribution in [2.45, 2.75) is 39.5 Å². The van der Waals surface area contributed by atoms with E-state index in [0.29, 0.717) is 5.17 Å². The molecule has 0 aromatic heterocycles. The molecule has 7 heteroatoms. The van der Waals surface area contributed by atoms with E-state index in [-0.39, 0.29) is 5.91 Å². The Kier molecular flexibility index (Phi) is 7.36. The molecule has 3 aromatic rings. The Balaban J connectivity index is 1.60. The highest BCUT2D eigenvalue weighted by atomic mass is 32.2. The maximum absolute atomic E-state index is 14.0. The number of rotatable bonds is 6. The molecule has 0 aliphatic carbocycles. The molecule has 3 aromatic carbocycles. The van der Waals surface area contributed by atoms with E-state index >= 15 is 0 Å². The average molecular weight is 529 g/mol. The first-order chi connectivity index (χ1) is 17.9. The number of carbonyl (C=O) groups is 1. The molecule has 1 fully saturated rings. The van der Waals surface area contributed by atoms with Crippen molar-refractivity contribution in [2.24, 2.45) is 4.99 Å². The fourth-order valence-corrected chi connectivity index (χ4v) is 7.06. The van der Waals surface area contributed by atoms with E-state index in [9.17, 15) is 4.79 Å². The predicted octanol–water partition coefficient (Wildman–Crippen LogP) is 7.72. The molecule has 2 aliphatic heterocycles. The third kappa shape index (κ3) is 4.78. The standard InChI is InChI=1S/C30H32N4OS2/c1-6-32(7-2)23-17-18-24(21(5)19-23)31-30-34(22-15-13-20(4)14-16-22)28(35)27(37-30)29-33(8-3)25-11-9-10-12-26(25)36-29/h9-19H,6-8H2,1-5H3. The summed E-state index contributed by atoms with van der Waals surface area (Å²) in [6, 6.07) is 22.8. The van der Waals surface area contributed by atoms with Crippen molar-refractivity contribution in [3.8, 4) is 0 Å². The van der Waals surface area contributed by atoms with Crippen molar-refractivity contribution >= 4 is 57.3 Å².